The molecule has 0 saturated carbocycles. The van der Waals surface area contributed by atoms with Gasteiger partial charge in [0.25, 0.3) is 11.6 Å². The molecule has 0 spiro atoms. The first-order valence-corrected chi connectivity index (χ1v) is 9.01. The second-order valence-corrected chi connectivity index (χ2v) is 6.84. The molecule has 0 saturated heterocycles. The highest BCUT2D eigenvalue weighted by molar-refractivity contribution is 5.23. The van der Waals surface area contributed by atoms with Crippen LogP contribution < -0.4 is 5.32 Å². The second-order valence-electron chi connectivity index (χ2n) is 6.84. The Bertz CT molecular complexity index is 778. The van der Waals surface area contributed by atoms with E-state index < -0.39 is 11.6 Å². The molecule has 140 valence electrons. The second kappa shape index (κ2) is 7.00. The first kappa shape index (κ1) is 17.5. The van der Waals surface area contributed by atoms with Gasteiger partial charge in [0.15, 0.2) is 0 Å². The standard InChI is InChI=1S/C22H23NO4/c1-21(17-9-5-3-6-10-17)24-15-19(26-21)13-23-14-20-16-25-22(2,27-20)18-11-7-4-8-12-18/h3-12,15-16,23H,13-14H2,1-2H3. The van der Waals surface area contributed by atoms with Crippen LogP contribution >= 0.6 is 0 Å². The van der Waals surface area contributed by atoms with E-state index in [0.717, 1.165) is 22.6 Å². The maximum absolute atomic E-state index is 5.99. The smallest absolute Gasteiger partial charge is 0.274 e. The zero-order chi connectivity index (χ0) is 18.7. The normalized spacial score (nSPS) is 26.3. The molecule has 27 heavy (non-hydrogen) atoms. The number of rotatable bonds is 6. The predicted octanol–water partition coefficient (Wildman–Crippen LogP) is 4.10. The van der Waals surface area contributed by atoms with Crippen LogP contribution in [0.15, 0.2) is 84.7 Å². The first-order chi connectivity index (χ1) is 13.1. The van der Waals surface area contributed by atoms with Crippen molar-refractivity contribution >= 4 is 0 Å². The summed E-state index contributed by atoms with van der Waals surface area (Å²) in [6.07, 6.45) is 3.32. The Labute approximate surface area is 159 Å². The van der Waals surface area contributed by atoms with Crippen molar-refractivity contribution in [3.8, 4) is 0 Å². The van der Waals surface area contributed by atoms with Crippen molar-refractivity contribution in [2.75, 3.05) is 13.1 Å². The van der Waals surface area contributed by atoms with E-state index in [2.05, 4.69) is 5.32 Å². The molecular weight excluding hydrogens is 342 g/mol. The molecule has 2 aromatic carbocycles. The van der Waals surface area contributed by atoms with E-state index in [1.807, 2.05) is 74.5 Å². The third-order valence-electron chi connectivity index (χ3n) is 4.68. The van der Waals surface area contributed by atoms with Gasteiger partial charge < -0.3 is 24.3 Å². The lowest BCUT2D eigenvalue weighted by Crippen LogP contribution is -2.27. The highest BCUT2D eigenvalue weighted by Gasteiger charge is 2.37. The Balaban J connectivity index is 1.27. The molecule has 2 aromatic rings. The van der Waals surface area contributed by atoms with Crippen molar-refractivity contribution in [1.29, 1.82) is 0 Å². The van der Waals surface area contributed by atoms with Crippen molar-refractivity contribution in [2.24, 2.45) is 0 Å². The van der Waals surface area contributed by atoms with Crippen molar-refractivity contribution in [3.05, 3.63) is 95.8 Å². The maximum Gasteiger partial charge on any atom is 0.274 e. The maximum atomic E-state index is 5.99. The summed E-state index contributed by atoms with van der Waals surface area (Å²) in [5, 5.41) is 3.30. The Kier molecular flexibility index (Phi) is 4.54. The number of nitrogens with one attached hydrogen (secondary N) is 1. The molecule has 0 aromatic heterocycles. The fourth-order valence-corrected chi connectivity index (χ4v) is 3.15. The highest BCUT2D eigenvalue weighted by atomic mass is 16.7. The van der Waals surface area contributed by atoms with E-state index in [1.165, 1.54) is 0 Å². The minimum absolute atomic E-state index is 0.533. The van der Waals surface area contributed by atoms with Gasteiger partial charge in [-0.1, -0.05) is 60.7 Å². The van der Waals surface area contributed by atoms with E-state index in [-0.39, 0.29) is 0 Å². The molecule has 5 heteroatoms. The van der Waals surface area contributed by atoms with Crippen molar-refractivity contribution in [2.45, 2.75) is 25.4 Å². The average Bonchev–Trinajstić information content (AvgIpc) is 3.28. The highest BCUT2D eigenvalue weighted by Crippen LogP contribution is 2.36. The van der Waals surface area contributed by atoms with Crippen LogP contribution in [0.4, 0.5) is 0 Å². The van der Waals surface area contributed by atoms with Crippen LogP contribution in [-0.4, -0.2) is 13.1 Å². The molecule has 1 N–H and O–H groups in total. The van der Waals surface area contributed by atoms with Gasteiger partial charge in [-0.3, -0.25) is 0 Å². The Morgan fingerprint density at radius 3 is 1.48 bits per heavy atom. The lowest BCUT2D eigenvalue weighted by Gasteiger charge is -2.25. The lowest BCUT2D eigenvalue weighted by atomic mass is 10.1. The zero-order valence-electron chi connectivity index (χ0n) is 15.5. The van der Waals surface area contributed by atoms with Crippen LogP contribution in [0, 0.1) is 0 Å². The molecule has 0 aliphatic carbocycles. The SMILES string of the molecule is CC1(c2ccccc2)OC=C(CNCC2=COC(C)(c3ccccc3)O2)O1. The van der Waals surface area contributed by atoms with Gasteiger partial charge in [-0.2, -0.15) is 0 Å². The fraction of sp³-hybridized carbons (Fsp3) is 0.273. The molecule has 0 radical (unpaired) electrons. The van der Waals surface area contributed by atoms with E-state index in [0.29, 0.717) is 13.1 Å². The molecule has 2 aliphatic heterocycles. The number of hydrogen-bond acceptors (Lipinski definition) is 5. The minimum atomic E-state index is -0.781. The summed E-state index contributed by atoms with van der Waals surface area (Å²) >= 11 is 0. The predicted molar refractivity (Wildman–Crippen MR) is 101 cm³/mol. The number of ether oxygens (including phenoxy) is 4. The van der Waals surface area contributed by atoms with E-state index in [9.17, 15) is 0 Å². The van der Waals surface area contributed by atoms with Crippen LogP contribution in [0.2, 0.25) is 0 Å². The quantitative estimate of drug-likeness (QED) is 0.835. The van der Waals surface area contributed by atoms with Gasteiger partial charge in [0.1, 0.15) is 24.0 Å². The van der Waals surface area contributed by atoms with Crippen molar-refractivity contribution < 1.29 is 18.9 Å². The molecule has 5 nitrogen and oxygen atoms in total. The minimum Gasteiger partial charge on any atom is -0.453 e. The fourth-order valence-electron chi connectivity index (χ4n) is 3.15. The van der Waals surface area contributed by atoms with Gasteiger partial charge in [-0.25, -0.2) is 0 Å². The summed E-state index contributed by atoms with van der Waals surface area (Å²) in [5.74, 6) is -0.0781. The van der Waals surface area contributed by atoms with Crippen LogP contribution in [0.1, 0.15) is 25.0 Å². The number of hydrogen-bond donors (Lipinski definition) is 1. The molecule has 2 aliphatic rings. The Morgan fingerprint density at radius 2 is 1.07 bits per heavy atom. The third-order valence-corrected chi connectivity index (χ3v) is 4.68. The van der Waals surface area contributed by atoms with Gasteiger partial charge in [-0.15, -0.1) is 0 Å². The summed E-state index contributed by atoms with van der Waals surface area (Å²) < 4.78 is 23.5. The van der Waals surface area contributed by atoms with Crippen LogP contribution in [0.3, 0.4) is 0 Å². The Hall–Kier alpha value is -2.92. The molecule has 2 heterocycles. The summed E-state index contributed by atoms with van der Waals surface area (Å²) in [7, 11) is 0. The summed E-state index contributed by atoms with van der Waals surface area (Å²) in [4.78, 5) is 0. The molecule has 0 fully saturated rings. The molecule has 2 unspecified atom stereocenters. The van der Waals surface area contributed by atoms with Gasteiger partial charge in [-0.05, 0) is 0 Å². The summed E-state index contributed by atoms with van der Waals surface area (Å²) in [6.45, 7) is 4.89. The van der Waals surface area contributed by atoms with Gasteiger partial charge in [0.05, 0.1) is 13.1 Å². The summed E-state index contributed by atoms with van der Waals surface area (Å²) in [5.41, 5.74) is 1.95. The van der Waals surface area contributed by atoms with Gasteiger partial charge in [0.2, 0.25) is 0 Å². The zero-order valence-corrected chi connectivity index (χ0v) is 15.5. The van der Waals surface area contributed by atoms with Crippen LogP contribution in [-0.2, 0) is 30.5 Å². The number of benzene rings is 2. The molecule has 0 bridgehead atoms. The van der Waals surface area contributed by atoms with E-state index in [4.69, 9.17) is 18.9 Å². The molecule has 0 amide bonds. The average molecular weight is 365 g/mol. The van der Waals surface area contributed by atoms with E-state index >= 15 is 0 Å². The van der Waals surface area contributed by atoms with E-state index in [1.54, 1.807) is 12.5 Å². The summed E-state index contributed by atoms with van der Waals surface area (Å²) in [6, 6.07) is 19.8. The largest absolute Gasteiger partial charge is 0.453 e. The van der Waals surface area contributed by atoms with Gasteiger partial charge in [0, 0.05) is 25.0 Å². The third kappa shape index (κ3) is 3.64. The molecule has 4 rings (SSSR count). The monoisotopic (exact) mass is 365 g/mol. The van der Waals surface area contributed by atoms with Crippen molar-refractivity contribution in [1.82, 2.24) is 5.32 Å². The molecule has 2 atom stereocenters. The van der Waals surface area contributed by atoms with Crippen molar-refractivity contribution in [3.63, 3.8) is 0 Å². The topological polar surface area (TPSA) is 49.0 Å². The molecular formula is C22H23NO4. The Morgan fingerprint density at radius 1 is 0.667 bits per heavy atom. The first-order valence-electron chi connectivity index (χ1n) is 9.01. The van der Waals surface area contributed by atoms with Crippen LogP contribution in [0.5, 0.6) is 0 Å². The van der Waals surface area contributed by atoms with Crippen LogP contribution in [0.25, 0.3) is 0 Å². The lowest BCUT2D eigenvalue weighted by molar-refractivity contribution is -0.142. The van der Waals surface area contributed by atoms with Gasteiger partial charge >= 0.3 is 0 Å².